The molecule has 2 aromatic carbocycles. The van der Waals surface area contributed by atoms with Gasteiger partial charge >= 0.3 is 0 Å². The zero-order valence-electron chi connectivity index (χ0n) is 16.7. The minimum atomic E-state index is -0.255. The van der Waals surface area contributed by atoms with Gasteiger partial charge in [0.2, 0.25) is 11.3 Å². The number of hydrogen-bond acceptors (Lipinski definition) is 5. The van der Waals surface area contributed by atoms with Gasteiger partial charge in [-0.25, -0.2) is 0 Å². The zero-order chi connectivity index (χ0) is 20.6. The van der Waals surface area contributed by atoms with Crippen LogP contribution in [0.1, 0.15) is 26.7 Å². The second-order valence-corrected chi connectivity index (χ2v) is 6.59. The third-order valence-electron chi connectivity index (χ3n) is 4.21. The van der Waals surface area contributed by atoms with E-state index in [2.05, 4.69) is 10.4 Å². The molecule has 0 fully saturated rings. The van der Waals surface area contributed by atoms with E-state index < -0.39 is 0 Å². The molecule has 0 aliphatic rings. The van der Waals surface area contributed by atoms with Gasteiger partial charge in [-0.3, -0.25) is 14.3 Å². The van der Waals surface area contributed by atoms with Crippen LogP contribution in [-0.2, 0) is 11.3 Å². The first-order valence-corrected chi connectivity index (χ1v) is 9.76. The quantitative estimate of drug-likeness (QED) is 0.598. The summed E-state index contributed by atoms with van der Waals surface area (Å²) in [7, 11) is 0. The van der Waals surface area contributed by atoms with Gasteiger partial charge in [-0.05, 0) is 37.1 Å². The Labute approximate surface area is 169 Å². The predicted molar refractivity (Wildman–Crippen MR) is 113 cm³/mol. The first-order valence-electron chi connectivity index (χ1n) is 9.76. The van der Waals surface area contributed by atoms with Gasteiger partial charge in [0.15, 0.2) is 11.5 Å². The first-order chi connectivity index (χ1) is 14.1. The number of hydrogen-bond donors (Lipinski definition) is 1. The van der Waals surface area contributed by atoms with Crippen molar-refractivity contribution in [3.8, 4) is 11.5 Å². The van der Waals surface area contributed by atoms with Crippen LogP contribution in [0.3, 0.4) is 0 Å². The number of carbonyl (C=O) groups is 1. The Bertz CT molecular complexity index is 1050. The monoisotopic (exact) mass is 395 g/mol. The van der Waals surface area contributed by atoms with Crippen LogP contribution < -0.4 is 20.2 Å². The predicted octanol–water partition coefficient (Wildman–Crippen LogP) is 3.61. The summed E-state index contributed by atoms with van der Waals surface area (Å²) < 4.78 is 13.0. The average Bonchev–Trinajstić information content (AvgIpc) is 2.73. The maximum absolute atomic E-state index is 12.6. The molecule has 1 amide bonds. The molecule has 0 saturated heterocycles. The highest BCUT2D eigenvalue weighted by molar-refractivity contribution is 5.92. The van der Waals surface area contributed by atoms with Gasteiger partial charge in [-0.2, -0.15) is 5.10 Å². The van der Waals surface area contributed by atoms with E-state index >= 15 is 0 Å². The van der Waals surface area contributed by atoms with Crippen molar-refractivity contribution in [3.63, 3.8) is 0 Å². The average molecular weight is 395 g/mol. The Morgan fingerprint density at radius 3 is 2.52 bits per heavy atom. The van der Waals surface area contributed by atoms with Crippen molar-refractivity contribution in [3.05, 3.63) is 58.9 Å². The molecule has 7 nitrogen and oxygen atoms in total. The number of para-hydroxylation sites is 1. The summed E-state index contributed by atoms with van der Waals surface area (Å²) in [6, 6.07) is 12.4. The van der Waals surface area contributed by atoms with Crippen molar-refractivity contribution in [1.29, 1.82) is 0 Å². The van der Waals surface area contributed by atoms with Crippen molar-refractivity contribution in [1.82, 2.24) is 9.78 Å². The van der Waals surface area contributed by atoms with Crippen molar-refractivity contribution in [2.45, 2.75) is 33.2 Å². The molecule has 3 aromatic rings. The number of benzene rings is 2. The van der Waals surface area contributed by atoms with Crippen molar-refractivity contribution in [2.75, 3.05) is 18.5 Å². The maximum atomic E-state index is 12.6. The van der Waals surface area contributed by atoms with Gasteiger partial charge in [0, 0.05) is 17.1 Å². The van der Waals surface area contributed by atoms with E-state index in [9.17, 15) is 9.59 Å². The van der Waals surface area contributed by atoms with Crippen LogP contribution >= 0.6 is 0 Å². The Balaban J connectivity index is 1.77. The van der Waals surface area contributed by atoms with Crippen LogP contribution in [0.4, 0.5) is 5.69 Å². The van der Waals surface area contributed by atoms with Crippen LogP contribution in [0.25, 0.3) is 10.9 Å². The molecule has 29 heavy (non-hydrogen) atoms. The standard InChI is InChI=1S/C22H25N3O4/c1-3-11-28-20-10-9-16(13-21(20)29-12-4-2)24-22(27)15-25-18-8-6-5-7-17(18)19(26)14-23-25/h5-10,13-14H,3-4,11-12,15H2,1-2H3,(H,24,27). The zero-order valence-corrected chi connectivity index (χ0v) is 16.7. The summed E-state index contributed by atoms with van der Waals surface area (Å²) in [4.78, 5) is 24.5. The molecule has 0 aliphatic carbocycles. The third kappa shape index (κ3) is 5.13. The van der Waals surface area contributed by atoms with Gasteiger partial charge in [-0.15, -0.1) is 0 Å². The molecule has 0 saturated carbocycles. The molecule has 0 atom stereocenters. The van der Waals surface area contributed by atoms with Crippen LogP contribution in [0.15, 0.2) is 53.5 Å². The van der Waals surface area contributed by atoms with Crippen molar-refractivity contribution >= 4 is 22.5 Å². The summed E-state index contributed by atoms with van der Waals surface area (Å²) >= 11 is 0. The van der Waals surface area contributed by atoms with Gasteiger partial charge in [-0.1, -0.05) is 26.0 Å². The Kier molecular flexibility index (Phi) is 6.84. The topological polar surface area (TPSA) is 82.5 Å². The number of aromatic nitrogens is 2. The Morgan fingerprint density at radius 2 is 1.76 bits per heavy atom. The number of nitrogens with zero attached hydrogens (tertiary/aromatic N) is 2. The summed E-state index contributed by atoms with van der Waals surface area (Å²) in [6.07, 6.45) is 2.99. The van der Waals surface area contributed by atoms with Gasteiger partial charge in [0.1, 0.15) is 6.54 Å². The molecule has 0 radical (unpaired) electrons. The largest absolute Gasteiger partial charge is 0.490 e. The molecule has 0 aliphatic heterocycles. The van der Waals surface area contributed by atoms with Crippen molar-refractivity contribution in [2.24, 2.45) is 0 Å². The third-order valence-corrected chi connectivity index (χ3v) is 4.21. The fourth-order valence-corrected chi connectivity index (χ4v) is 2.87. The smallest absolute Gasteiger partial charge is 0.246 e. The fourth-order valence-electron chi connectivity index (χ4n) is 2.87. The SMILES string of the molecule is CCCOc1ccc(NC(=O)Cn2ncc(=O)c3ccccc32)cc1OCCC. The number of rotatable bonds is 9. The molecular formula is C22H25N3O4. The number of ether oxygens (including phenoxy) is 2. The Morgan fingerprint density at radius 1 is 1.03 bits per heavy atom. The highest BCUT2D eigenvalue weighted by Gasteiger charge is 2.11. The molecule has 1 aromatic heterocycles. The van der Waals surface area contributed by atoms with Crippen molar-refractivity contribution < 1.29 is 14.3 Å². The lowest BCUT2D eigenvalue weighted by Crippen LogP contribution is -2.22. The first kappa shape index (κ1) is 20.4. The fraction of sp³-hybridized carbons (Fsp3) is 0.318. The Hall–Kier alpha value is -3.35. The van der Waals surface area contributed by atoms with E-state index in [0.717, 1.165) is 12.8 Å². The lowest BCUT2D eigenvalue weighted by atomic mass is 10.2. The molecule has 1 N–H and O–H groups in total. The van der Waals surface area contributed by atoms with Crippen LogP contribution in [0.2, 0.25) is 0 Å². The molecular weight excluding hydrogens is 370 g/mol. The highest BCUT2D eigenvalue weighted by atomic mass is 16.5. The second-order valence-electron chi connectivity index (χ2n) is 6.59. The van der Waals surface area contributed by atoms with E-state index in [1.54, 1.807) is 36.4 Å². The molecule has 1 heterocycles. The van der Waals surface area contributed by atoms with Gasteiger partial charge in [0.05, 0.1) is 24.9 Å². The summed E-state index contributed by atoms with van der Waals surface area (Å²) in [5, 5.41) is 7.48. The van der Waals surface area contributed by atoms with Crippen LogP contribution in [0.5, 0.6) is 11.5 Å². The van der Waals surface area contributed by atoms with Crippen LogP contribution in [-0.4, -0.2) is 28.9 Å². The van der Waals surface area contributed by atoms with E-state index in [-0.39, 0.29) is 17.9 Å². The summed E-state index contributed by atoms with van der Waals surface area (Å²) in [5.41, 5.74) is 1.05. The van der Waals surface area contributed by atoms with Crippen LogP contribution in [0, 0.1) is 0 Å². The lowest BCUT2D eigenvalue weighted by Gasteiger charge is -2.14. The van der Waals surface area contributed by atoms with E-state index in [1.165, 1.54) is 10.9 Å². The number of nitrogens with one attached hydrogen (secondary N) is 1. The number of carbonyl (C=O) groups excluding carboxylic acids is 1. The number of amides is 1. The van der Waals surface area contributed by atoms with E-state index in [4.69, 9.17) is 9.47 Å². The molecule has 3 rings (SSSR count). The minimum Gasteiger partial charge on any atom is -0.490 e. The summed E-state index contributed by atoms with van der Waals surface area (Å²) in [6.45, 7) is 5.21. The normalized spacial score (nSPS) is 10.7. The number of fused-ring (bicyclic) bond motifs is 1. The minimum absolute atomic E-state index is 0.0139. The van der Waals surface area contributed by atoms with Gasteiger partial charge in [0.25, 0.3) is 0 Å². The lowest BCUT2D eigenvalue weighted by molar-refractivity contribution is -0.116. The molecule has 0 spiro atoms. The summed E-state index contributed by atoms with van der Waals surface area (Å²) in [5.74, 6) is 1.01. The molecule has 0 bridgehead atoms. The highest BCUT2D eigenvalue weighted by Crippen LogP contribution is 2.31. The maximum Gasteiger partial charge on any atom is 0.246 e. The molecule has 7 heteroatoms. The van der Waals surface area contributed by atoms with E-state index in [1.807, 2.05) is 19.9 Å². The molecule has 0 unspecified atom stereocenters. The number of anilines is 1. The van der Waals surface area contributed by atoms with Gasteiger partial charge < -0.3 is 14.8 Å². The molecule has 152 valence electrons. The van der Waals surface area contributed by atoms with E-state index in [0.29, 0.717) is 41.3 Å². The second kappa shape index (κ2) is 9.73.